The lowest BCUT2D eigenvalue weighted by Crippen LogP contribution is -2.34. The monoisotopic (exact) mass is 130 g/mol. The smallest absolute Gasteiger partial charge is 0.320 e. The van der Waals surface area contributed by atoms with Crippen molar-refractivity contribution >= 4 is 5.97 Å². The maximum absolute atomic E-state index is 10.1. The largest absolute Gasteiger partial charge is 0.480 e. The number of rotatable bonds is 2. The molecule has 9 heavy (non-hydrogen) atoms. The van der Waals surface area contributed by atoms with E-state index in [4.69, 9.17) is 16.6 Å². The van der Waals surface area contributed by atoms with Crippen LogP contribution in [0.15, 0.2) is 0 Å². The highest BCUT2D eigenvalue weighted by Gasteiger charge is 2.41. The van der Waals surface area contributed by atoms with Crippen LogP contribution in [0.3, 0.4) is 0 Å². The Balaban J connectivity index is 2.36. The van der Waals surface area contributed by atoms with Crippen LogP contribution in [-0.4, -0.2) is 23.2 Å². The quantitative estimate of drug-likeness (QED) is 0.435. The molecule has 0 radical (unpaired) electrons. The predicted octanol–water partition coefficient (Wildman–Crippen LogP) is -1.25. The van der Waals surface area contributed by atoms with Gasteiger partial charge in [-0.15, -0.1) is 0 Å². The predicted molar refractivity (Wildman–Crippen MR) is 31.7 cm³/mol. The zero-order valence-corrected chi connectivity index (χ0v) is 4.95. The highest BCUT2D eigenvalue weighted by Crippen LogP contribution is 2.30. The number of nitrogens with two attached hydrogens (primary N) is 2. The summed E-state index contributed by atoms with van der Waals surface area (Å²) < 4.78 is 0. The average Bonchev–Trinajstić information content (AvgIpc) is 2.44. The van der Waals surface area contributed by atoms with E-state index in [9.17, 15) is 4.79 Å². The molecule has 52 valence electrons. The van der Waals surface area contributed by atoms with Crippen molar-refractivity contribution in [3.05, 3.63) is 0 Å². The molecule has 1 saturated carbocycles. The van der Waals surface area contributed by atoms with Crippen LogP contribution < -0.4 is 11.5 Å². The van der Waals surface area contributed by atoms with Crippen LogP contribution in [0.2, 0.25) is 0 Å². The van der Waals surface area contributed by atoms with E-state index in [0.29, 0.717) is 0 Å². The van der Waals surface area contributed by atoms with Gasteiger partial charge in [-0.3, -0.25) is 4.79 Å². The Hall–Kier alpha value is -0.610. The van der Waals surface area contributed by atoms with Crippen LogP contribution >= 0.6 is 0 Å². The van der Waals surface area contributed by atoms with E-state index in [1.807, 2.05) is 0 Å². The molecule has 0 aromatic rings. The van der Waals surface area contributed by atoms with Crippen molar-refractivity contribution in [1.82, 2.24) is 0 Å². The third kappa shape index (κ3) is 1.20. The Morgan fingerprint density at radius 3 is 2.33 bits per heavy atom. The summed E-state index contributed by atoms with van der Waals surface area (Å²) in [4.78, 5) is 10.1. The van der Waals surface area contributed by atoms with Crippen LogP contribution in [0, 0.1) is 5.92 Å². The van der Waals surface area contributed by atoms with Gasteiger partial charge in [0.15, 0.2) is 0 Å². The number of hydrogen-bond donors (Lipinski definition) is 3. The topological polar surface area (TPSA) is 89.3 Å². The summed E-state index contributed by atoms with van der Waals surface area (Å²) in [7, 11) is 0. The molecule has 0 aromatic carbocycles. The first kappa shape index (κ1) is 6.51. The fourth-order valence-electron chi connectivity index (χ4n) is 0.832. The van der Waals surface area contributed by atoms with Gasteiger partial charge in [-0.05, 0) is 6.42 Å². The second-order valence-electron chi connectivity index (χ2n) is 2.43. The SMILES string of the molecule is NC(C(=O)O)[C@H]1C[C@@H]1N. The molecular weight excluding hydrogens is 120 g/mol. The molecule has 1 aliphatic carbocycles. The molecule has 1 rings (SSSR count). The van der Waals surface area contributed by atoms with Crippen molar-refractivity contribution in [3.63, 3.8) is 0 Å². The number of aliphatic carboxylic acids is 1. The van der Waals surface area contributed by atoms with Gasteiger partial charge >= 0.3 is 5.97 Å². The second-order valence-corrected chi connectivity index (χ2v) is 2.43. The fourth-order valence-corrected chi connectivity index (χ4v) is 0.832. The first-order valence-corrected chi connectivity index (χ1v) is 2.87. The third-order valence-electron chi connectivity index (χ3n) is 1.64. The minimum Gasteiger partial charge on any atom is -0.480 e. The molecule has 1 unspecified atom stereocenters. The van der Waals surface area contributed by atoms with Gasteiger partial charge in [0, 0.05) is 12.0 Å². The van der Waals surface area contributed by atoms with E-state index in [2.05, 4.69) is 0 Å². The summed E-state index contributed by atoms with van der Waals surface area (Å²) >= 11 is 0. The van der Waals surface area contributed by atoms with Gasteiger partial charge in [-0.25, -0.2) is 0 Å². The first-order valence-electron chi connectivity index (χ1n) is 2.87. The molecule has 0 bridgehead atoms. The van der Waals surface area contributed by atoms with E-state index < -0.39 is 12.0 Å². The minimum absolute atomic E-state index is 0.0162. The van der Waals surface area contributed by atoms with Crippen molar-refractivity contribution in [1.29, 1.82) is 0 Å². The molecule has 0 aromatic heterocycles. The van der Waals surface area contributed by atoms with E-state index in [1.165, 1.54) is 0 Å². The molecule has 5 N–H and O–H groups in total. The van der Waals surface area contributed by atoms with Crippen LogP contribution in [0.1, 0.15) is 6.42 Å². The number of carboxylic acid groups (broad SMARTS) is 1. The maximum Gasteiger partial charge on any atom is 0.320 e. The molecule has 3 atom stereocenters. The van der Waals surface area contributed by atoms with Crippen molar-refractivity contribution < 1.29 is 9.90 Å². The van der Waals surface area contributed by atoms with Gasteiger partial charge in [0.1, 0.15) is 6.04 Å². The van der Waals surface area contributed by atoms with Crippen LogP contribution in [0.4, 0.5) is 0 Å². The van der Waals surface area contributed by atoms with Gasteiger partial charge in [0.05, 0.1) is 0 Å². The lowest BCUT2D eigenvalue weighted by atomic mass is 10.2. The van der Waals surface area contributed by atoms with E-state index >= 15 is 0 Å². The molecule has 0 aliphatic heterocycles. The molecule has 0 saturated heterocycles. The van der Waals surface area contributed by atoms with Gasteiger partial charge in [0.2, 0.25) is 0 Å². The second kappa shape index (κ2) is 1.97. The Morgan fingerprint density at radius 2 is 2.22 bits per heavy atom. The normalized spacial score (nSPS) is 35.8. The van der Waals surface area contributed by atoms with Crippen LogP contribution in [0.5, 0.6) is 0 Å². The zero-order chi connectivity index (χ0) is 7.02. The van der Waals surface area contributed by atoms with Crippen molar-refractivity contribution in [3.8, 4) is 0 Å². The summed E-state index contributed by atoms with van der Waals surface area (Å²) in [6, 6.07) is -0.726. The average molecular weight is 130 g/mol. The lowest BCUT2D eigenvalue weighted by molar-refractivity contribution is -0.139. The molecular formula is C5H10N2O2. The molecule has 4 nitrogen and oxygen atoms in total. The first-order chi connectivity index (χ1) is 4.13. The summed E-state index contributed by atoms with van der Waals surface area (Å²) in [5.74, 6) is -0.935. The zero-order valence-electron chi connectivity index (χ0n) is 4.95. The van der Waals surface area contributed by atoms with Crippen LogP contribution in [0.25, 0.3) is 0 Å². The molecule has 1 aliphatic rings. The highest BCUT2D eigenvalue weighted by molar-refractivity contribution is 5.74. The molecule has 1 fully saturated rings. The van der Waals surface area contributed by atoms with Gasteiger partial charge < -0.3 is 16.6 Å². The third-order valence-corrected chi connectivity index (χ3v) is 1.64. The summed E-state index contributed by atoms with van der Waals surface area (Å²) in [5, 5.41) is 8.33. The summed E-state index contributed by atoms with van der Waals surface area (Å²) in [5.41, 5.74) is 10.6. The Labute approximate surface area is 52.8 Å². The van der Waals surface area contributed by atoms with Gasteiger partial charge in [-0.1, -0.05) is 0 Å². The van der Waals surface area contributed by atoms with E-state index in [1.54, 1.807) is 0 Å². The van der Waals surface area contributed by atoms with E-state index in [0.717, 1.165) is 6.42 Å². The number of carboxylic acids is 1. The Morgan fingerprint density at radius 1 is 1.78 bits per heavy atom. The molecule has 0 heterocycles. The van der Waals surface area contributed by atoms with Gasteiger partial charge in [0.25, 0.3) is 0 Å². The molecule has 0 spiro atoms. The summed E-state index contributed by atoms with van der Waals surface area (Å²) in [6.45, 7) is 0. The maximum atomic E-state index is 10.1. The fraction of sp³-hybridized carbons (Fsp3) is 0.800. The lowest BCUT2D eigenvalue weighted by Gasteiger charge is -2.01. The standard InChI is InChI=1S/C5H10N2O2/c6-3-1-2(3)4(7)5(8)9/h2-4H,1,6-7H2,(H,8,9)/t2-,3-,4?/m0/s1. The Kier molecular flexibility index (Phi) is 1.42. The van der Waals surface area contributed by atoms with Crippen molar-refractivity contribution in [2.45, 2.75) is 18.5 Å². The van der Waals surface area contributed by atoms with E-state index in [-0.39, 0.29) is 12.0 Å². The van der Waals surface area contributed by atoms with Crippen molar-refractivity contribution in [2.75, 3.05) is 0 Å². The Bertz CT molecular complexity index is 137. The number of carbonyl (C=O) groups is 1. The van der Waals surface area contributed by atoms with Crippen molar-refractivity contribution in [2.24, 2.45) is 17.4 Å². The highest BCUT2D eigenvalue weighted by atomic mass is 16.4. The number of hydrogen-bond acceptors (Lipinski definition) is 3. The van der Waals surface area contributed by atoms with Gasteiger partial charge in [-0.2, -0.15) is 0 Å². The minimum atomic E-state index is -0.951. The molecule has 0 amide bonds. The summed E-state index contributed by atoms with van der Waals surface area (Å²) in [6.07, 6.45) is 0.757. The van der Waals surface area contributed by atoms with Crippen LogP contribution in [-0.2, 0) is 4.79 Å². The molecule has 4 heteroatoms.